The molecule has 31 heavy (non-hydrogen) atoms. The summed E-state index contributed by atoms with van der Waals surface area (Å²) in [6.07, 6.45) is -0.405. The number of furan rings is 1. The number of aromatic nitrogens is 2. The molecule has 2 atom stereocenters. The Morgan fingerprint density at radius 2 is 2.10 bits per heavy atom. The highest BCUT2D eigenvalue weighted by atomic mass is 35.5. The fourth-order valence-corrected chi connectivity index (χ4v) is 3.86. The Bertz CT molecular complexity index is 1140. The quantitative estimate of drug-likeness (QED) is 0.554. The summed E-state index contributed by atoms with van der Waals surface area (Å²) in [6, 6.07) is 2.33. The van der Waals surface area contributed by atoms with E-state index in [2.05, 4.69) is 15.3 Å². The number of carbonyl (C=O) groups excluding carboxylic acids is 1. The van der Waals surface area contributed by atoms with Crippen molar-refractivity contribution in [3.8, 4) is 0 Å². The van der Waals surface area contributed by atoms with E-state index in [-0.39, 0.29) is 47.7 Å². The number of nitrogens with one attached hydrogen (secondary N) is 1. The fourth-order valence-electron chi connectivity index (χ4n) is 3.71. The highest BCUT2D eigenvalue weighted by Gasteiger charge is 2.44. The van der Waals surface area contributed by atoms with Gasteiger partial charge < -0.3 is 26.1 Å². The number of amides is 1. The molecule has 4 rings (SSSR count). The minimum atomic E-state index is -4.37. The van der Waals surface area contributed by atoms with E-state index < -0.39 is 24.0 Å². The molecule has 1 saturated heterocycles. The standard InChI is InChI=1S/C19H18ClF3N6O2/c20-10-4-14-16(27-5-10)15(17(25)31-14)18(30)28-12-6-26-2-1-13(12)29-7-9(19(21,22)23)3-11(24)8-29/h1-2,4-6,9,11H,3,7-8,24-25H2,(H,28,30). The van der Waals surface area contributed by atoms with Crippen molar-refractivity contribution < 1.29 is 22.4 Å². The van der Waals surface area contributed by atoms with Gasteiger partial charge in [-0.1, -0.05) is 11.6 Å². The number of hydrogen-bond donors (Lipinski definition) is 3. The third kappa shape index (κ3) is 4.23. The van der Waals surface area contributed by atoms with Crippen LogP contribution in [0.25, 0.3) is 11.1 Å². The maximum absolute atomic E-state index is 13.3. The molecule has 1 amide bonds. The lowest BCUT2D eigenvalue weighted by molar-refractivity contribution is -0.177. The van der Waals surface area contributed by atoms with Crippen molar-refractivity contribution in [1.82, 2.24) is 9.97 Å². The highest BCUT2D eigenvalue weighted by molar-refractivity contribution is 6.31. The van der Waals surface area contributed by atoms with Crippen LogP contribution in [0.2, 0.25) is 5.02 Å². The lowest BCUT2D eigenvalue weighted by atomic mass is 9.93. The number of anilines is 3. The van der Waals surface area contributed by atoms with Gasteiger partial charge in [-0.25, -0.2) is 0 Å². The second-order valence-electron chi connectivity index (χ2n) is 7.33. The van der Waals surface area contributed by atoms with Crippen molar-refractivity contribution in [2.75, 3.05) is 29.0 Å². The third-order valence-electron chi connectivity index (χ3n) is 5.08. The van der Waals surface area contributed by atoms with E-state index in [9.17, 15) is 18.0 Å². The highest BCUT2D eigenvalue weighted by Crippen LogP contribution is 2.37. The molecule has 0 bridgehead atoms. The molecule has 0 saturated carbocycles. The van der Waals surface area contributed by atoms with Crippen LogP contribution >= 0.6 is 11.6 Å². The first-order chi connectivity index (χ1) is 14.6. The largest absolute Gasteiger partial charge is 0.438 e. The topological polar surface area (TPSA) is 123 Å². The second kappa shape index (κ2) is 7.89. The Hall–Kier alpha value is -3.05. The number of alkyl halides is 3. The molecule has 4 heterocycles. The Morgan fingerprint density at radius 1 is 1.32 bits per heavy atom. The van der Waals surface area contributed by atoms with Crippen molar-refractivity contribution in [2.24, 2.45) is 11.7 Å². The maximum Gasteiger partial charge on any atom is 0.393 e. The van der Waals surface area contributed by atoms with Gasteiger partial charge in [0.05, 0.1) is 28.5 Å². The predicted octanol–water partition coefficient (Wildman–Crippen LogP) is 3.43. The van der Waals surface area contributed by atoms with Gasteiger partial charge in [0.1, 0.15) is 11.1 Å². The van der Waals surface area contributed by atoms with Gasteiger partial charge in [-0.15, -0.1) is 0 Å². The van der Waals surface area contributed by atoms with Crippen LogP contribution in [0.4, 0.5) is 30.4 Å². The van der Waals surface area contributed by atoms with Crippen molar-refractivity contribution in [1.29, 1.82) is 0 Å². The maximum atomic E-state index is 13.3. The SMILES string of the molecule is Nc1oc2cc(Cl)cnc2c1C(=O)Nc1cnccc1N1CC(N)CC(C(F)(F)F)C1. The zero-order valence-corrected chi connectivity index (χ0v) is 16.7. The number of halogens is 4. The Balaban J connectivity index is 1.64. The molecule has 0 aromatic carbocycles. The van der Waals surface area contributed by atoms with Crippen LogP contribution in [0.1, 0.15) is 16.8 Å². The summed E-state index contributed by atoms with van der Waals surface area (Å²) < 4.78 is 45.3. The second-order valence-corrected chi connectivity index (χ2v) is 7.76. The van der Waals surface area contributed by atoms with E-state index in [4.69, 9.17) is 27.5 Å². The molecule has 164 valence electrons. The van der Waals surface area contributed by atoms with Gasteiger partial charge >= 0.3 is 6.18 Å². The van der Waals surface area contributed by atoms with Gasteiger partial charge in [0.15, 0.2) is 5.58 Å². The number of pyridine rings is 2. The lowest BCUT2D eigenvalue weighted by Gasteiger charge is -2.39. The molecule has 2 unspecified atom stereocenters. The molecule has 3 aromatic rings. The van der Waals surface area contributed by atoms with Crippen LogP contribution in [-0.2, 0) is 0 Å². The van der Waals surface area contributed by atoms with Gasteiger partial charge in [0, 0.05) is 37.6 Å². The van der Waals surface area contributed by atoms with E-state index in [0.717, 1.165) is 0 Å². The summed E-state index contributed by atoms with van der Waals surface area (Å²) in [7, 11) is 0. The Morgan fingerprint density at radius 3 is 2.84 bits per heavy atom. The molecule has 0 aliphatic carbocycles. The number of hydrogen-bond acceptors (Lipinski definition) is 7. The zero-order valence-electron chi connectivity index (χ0n) is 16.0. The average Bonchev–Trinajstić information content (AvgIpc) is 3.02. The van der Waals surface area contributed by atoms with Crippen LogP contribution in [0.5, 0.6) is 0 Å². The van der Waals surface area contributed by atoms with E-state index in [1.807, 2.05) is 0 Å². The zero-order chi connectivity index (χ0) is 22.3. The Labute approximate surface area is 179 Å². The van der Waals surface area contributed by atoms with Crippen LogP contribution in [0.15, 0.2) is 35.1 Å². The van der Waals surface area contributed by atoms with Crippen molar-refractivity contribution in [3.05, 3.63) is 41.3 Å². The number of piperidine rings is 1. The molecule has 12 heteroatoms. The number of carbonyl (C=O) groups is 1. The summed E-state index contributed by atoms with van der Waals surface area (Å²) in [5.41, 5.74) is 12.7. The van der Waals surface area contributed by atoms with E-state index in [1.165, 1.54) is 35.6 Å². The van der Waals surface area contributed by atoms with Gasteiger partial charge in [0.25, 0.3) is 5.91 Å². The summed E-state index contributed by atoms with van der Waals surface area (Å²) in [5.74, 6) is -2.38. The number of nitrogen functional groups attached to an aromatic ring is 1. The first-order valence-electron chi connectivity index (χ1n) is 9.29. The van der Waals surface area contributed by atoms with Crippen LogP contribution in [0, 0.1) is 5.92 Å². The lowest BCUT2D eigenvalue weighted by Crippen LogP contribution is -2.51. The summed E-state index contributed by atoms with van der Waals surface area (Å²) in [6.45, 7) is -0.0722. The predicted molar refractivity (Wildman–Crippen MR) is 110 cm³/mol. The normalized spacial score (nSPS) is 19.6. The van der Waals surface area contributed by atoms with Gasteiger partial charge in [0.2, 0.25) is 5.88 Å². The smallest absolute Gasteiger partial charge is 0.393 e. The molecular formula is C19H18ClF3N6O2. The third-order valence-corrected chi connectivity index (χ3v) is 5.29. The fraction of sp³-hybridized carbons (Fsp3) is 0.316. The molecule has 1 aliphatic heterocycles. The van der Waals surface area contributed by atoms with Crippen molar-refractivity contribution in [2.45, 2.75) is 18.6 Å². The molecular weight excluding hydrogens is 437 g/mol. The molecule has 8 nitrogen and oxygen atoms in total. The van der Waals surface area contributed by atoms with Gasteiger partial charge in [-0.2, -0.15) is 13.2 Å². The number of nitrogens with two attached hydrogens (primary N) is 2. The van der Waals surface area contributed by atoms with E-state index in [1.54, 1.807) is 0 Å². The first-order valence-corrected chi connectivity index (χ1v) is 9.67. The van der Waals surface area contributed by atoms with Crippen LogP contribution in [0.3, 0.4) is 0 Å². The summed E-state index contributed by atoms with van der Waals surface area (Å²) >= 11 is 5.88. The monoisotopic (exact) mass is 454 g/mol. The van der Waals surface area contributed by atoms with Gasteiger partial charge in [-0.3, -0.25) is 14.8 Å². The van der Waals surface area contributed by atoms with Crippen LogP contribution < -0.4 is 21.7 Å². The summed E-state index contributed by atoms with van der Waals surface area (Å²) in [4.78, 5) is 22.5. The molecule has 0 spiro atoms. The van der Waals surface area contributed by atoms with Crippen molar-refractivity contribution >= 4 is 45.9 Å². The molecule has 5 N–H and O–H groups in total. The van der Waals surface area contributed by atoms with Gasteiger partial charge in [-0.05, 0) is 12.5 Å². The minimum Gasteiger partial charge on any atom is -0.438 e. The minimum absolute atomic E-state index is 0.00927. The van der Waals surface area contributed by atoms with E-state index >= 15 is 0 Å². The summed E-state index contributed by atoms with van der Waals surface area (Å²) in [5, 5.41) is 2.96. The molecule has 0 radical (unpaired) electrons. The van der Waals surface area contributed by atoms with Crippen molar-refractivity contribution in [3.63, 3.8) is 0 Å². The molecule has 1 fully saturated rings. The number of nitrogens with zero attached hydrogens (tertiary/aromatic N) is 3. The number of fused-ring (bicyclic) bond motifs is 1. The Kier molecular flexibility index (Phi) is 5.40. The van der Waals surface area contributed by atoms with E-state index in [0.29, 0.717) is 10.7 Å². The number of rotatable bonds is 3. The first kappa shape index (κ1) is 21.2. The average molecular weight is 455 g/mol. The molecule has 3 aromatic heterocycles. The van der Waals surface area contributed by atoms with Crippen LogP contribution in [-0.4, -0.2) is 41.2 Å². The molecule has 1 aliphatic rings.